The average molecular weight is 237 g/mol. The molecule has 1 amide bonds. The molecule has 16 heavy (non-hydrogen) atoms. The number of hydrogen-bond donors (Lipinski definition) is 2. The van der Waals surface area contributed by atoms with Crippen LogP contribution < -0.4 is 5.32 Å². The summed E-state index contributed by atoms with van der Waals surface area (Å²) in [5, 5.41) is 12.1. The number of carbonyl (C=O) groups is 1. The summed E-state index contributed by atoms with van der Waals surface area (Å²) in [4.78, 5) is 12.0. The molecule has 0 aromatic heterocycles. The van der Waals surface area contributed by atoms with Crippen molar-refractivity contribution in [1.29, 1.82) is 0 Å². The molecular formula is C12H15NO2S. The van der Waals surface area contributed by atoms with E-state index in [0.717, 1.165) is 18.6 Å². The summed E-state index contributed by atoms with van der Waals surface area (Å²) in [6.07, 6.45) is 2.01. The second-order valence-corrected chi connectivity index (χ2v) is 5.79. The first-order chi connectivity index (χ1) is 7.60. The Bertz CT molecular complexity index is 400. The molecule has 0 radical (unpaired) electrons. The lowest BCUT2D eigenvalue weighted by molar-refractivity contribution is -0.118. The molecule has 1 unspecified atom stereocenters. The highest BCUT2D eigenvalue weighted by Crippen LogP contribution is 2.38. The minimum atomic E-state index is -0.314. The quantitative estimate of drug-likeness (QED) is 0.831. The zero-order valence-corrected chi connectivity index (χ0v) is 10.0. The number of phenolic OH excluding ortho intramolecular Hbond substituents is 1. The third kappa shape index (κ3) is 2.32. The third-order valence-corrected chi connectivity index (χ3v) is 4.32. The highest BCUT2D eigenvalue weighted by atomic mass is 32.2. The zero-order valence-electron chi connectivity index (χ0n) is 9.19. The predicted molar refractivity (Wildman–Crippen MR) is 66.8 cm³/mol. The first kappa shape index (κ1) is 11.3. The van der Waals surface area contributed by atoms with Gasteiger partial charge in [-0.05, 0) is 37.7 Å². The molecule has 0 saturated carbocycles. The van der Waals surface area contributed by atoms with E-state index in [1.165, 1.54) is 0 Å². The fourth-order valence-corrected chi connectivity index (χ4v) is 3.02. The molecule has 4 heteroatoms. The number of aromatic hydroxyl groups is 1. The maximum absolute atomic E-state index is 12.0. The number of benzene rings is 1. The Balaban J connectivity index is 2.07. The number of rotatable bonds is 2. The van der Waals surface area contributed by atoms with Crippen LogP contribution in [-0.4, -0.2) is 21.5 Å². The number of anilines is 1. The van der Waals surface area contributed by atoms with Crippen LogP contribution in [0.15, 0.2) is 24.3 Å². The van der Waals surface area contributed by atoms with E-state index in [1.54, 1.807) is 36.0 Å². The summed E-state index contributed by atoms with van der Waals surface area (Å²) in [6.45, 7) is 1.97. The minimum Gasteiger partial charge on any atom is -0.508 e. The molecule has 1 aliphatic heterocycles. The zero-order chi connectivity index (χ0) is 11.6. The predicted octanol–water partition coefficient (Wildman–Crippen LogP) is 2.62. The van der Waals surface area contributed by atoms with Gasteiger partial charge in [-0.2, -0.15) is 0 Å². The molecule has 2 N–H and O–H groups in total. The van der Waals surface area contributed by atoms with Gasteiger partial charge in [0.05, 0.1) is 4.75 Å². The van der Waals surface area contributed by atoms with Crippen molar-refractivity contribution in [2.75, 3.05) is 11.1 Å². The van der Waals surface area contributed by atoms with Crippen LogP contribution >= 0.6 is 11.8 Å². The van der Waals surface area contributed by atoms with Gasteiger partial charge in [-0.15, -0.1) is 11.8 Å². The fourth-order valence-electron chi connectivity index (χ4n) is 1.81. The highest BCUT2D eigenvalue weighted by molar-refractivity contribution is 8.01. The van der Waals surface area contributed by atoms with Gasteiger partial charge in [0.2, 0.25) is 5.91 Å². The van der Waals surface area contributed by atoms with Gasteiger partial charge in [0.25, 0.3) is 0 Å². The molecule has 1 aromatic rings. The summed E-state index contributed by atoms with van der Waals surface area (Å²) >= 11 is 1.70. The van der Waals surface area contributed by atoms with Gasteiger partial charge >= 0.3 is 0 Å². The summed E-state index contributed by atoms with van der Waals surface area (Å²) < 4.78 is -0.314. The second kappa shape index (κ2) is 4.37. The lowest BCUT2D eigenvalue weighted by atomic mass is 10.0. The lowest BCUT2D eigenvalue weighted by Gasteiger charge is -2.21. The van der Waals surface area contributed by atoms with Gasteiger partial charge in [0.15, 0.2) is 0 Å². The Labute approximate surface area is 99.2 Å². The van der Waals surface area contributed by atoms with Crippen molar-refractivity contribution in [1.82, 2.24) is 0 Å². The number of phenols is 1. The smallest absolute Gasteiger partial charge is 0.240 e. The van der Waals surface area contributed by atoms with E-state index in [2.05, 4.69) is 5.32 Å². The van der Waals surface area contributed by atoms with Crippen LogP contribution in [0.25, 0.3) is 0 Å². The van der Waals surface area contributed by atoms with Crippen LogP contribution in [0.1, 0.15) is 19.8 Å². The summed E-state index contributed by atoms with van der Waals surface area (Å²) in [5.41, 5.74) is 0.652. The number of thioether (sulfide) groups is 1. The largest absolute Gasteiger partial charge is 0.508 e. The monoisotopic (exact) mass is 237 g/mol. The molecule has 0 bridgehead atoms. The SMILES string of the molecule is CC1(C(=O)Nc2cccc(O)c2)CCCS1. The molecule has 0 spiro atoms. The Morgan fingerprint density at radius 1 is 1.56 bits per heavy atom. The average Bonchev–Trinajstić information content (AvgIpc) is 2.66. The van der Waals surface area contributed by atoms with Gasteiger partial charge in [0, 0.05) is 11.8 Å². The summed E-state index contributed by atoms with van der Waals surface area (Å²) in [7, 11) is 0. The molecule has 1 saturated heterocycles. The van der Waals surface area contributed by atoms with E-state index < -0.39 is 0 Å². The maximum Gasteiger partial charge on any atom is 0.240 e. The minimum absolute atomic E-state index is 0.0283. The standard InChI is InChI=1S/C12H15NO2S/c1-12(6-3-7-16-12)11(15)13-9-4-2-5-10(14)8-9/h2,4-5,8,14H,3,6-7H2,1H3,(H,13,15). The Kier molecular flexibility index (Phi) is 3.10. The fraction of sp³-hybridized carbons (Fsp3) is 0.417. The van der Waals surface area contributed by atoms with Gasteiger partial charge < -0.3 is 10.4 Å². The van der Waals surface area contributed by atoms with Crippen LogP contribution in [0, 0.1) is 0 Å². The Morgan fingerprint density at radius 3 is 3.00 bits per heavy atom. The molecule has 3 nitrogen and oxygen atoms in total. The van der Waals surface area contributed by atoms with Crippen LogP contribution in [-0.2, 0) is 4.79 Å². The van der Waals surface area contributed by atoms with Crippen LogP contribution in [0.2, 0.25) is 0 Å². The van der Waals surface area contributed by atoms with Gasteiger partial charge in [0.1, 0.15) is 5.75 Å². The van der Waals surface area contributed by atoms with Crippen LogP contribution in [0.5, 0.6) is 5.75 Å². The Morgan fingerprint density at radius 2 is 2.38 bits per heavy atom. The van der Waals surface area contributed by atoms with Crippen molar-refractivity contribution in [2.45, 2.75) is 24.5 Å². The topological polar surface area (TPSA) is 49.3 Å². The molecule has 1 aliphatic rings. The first-order valence-electron chi connectivity index (χ1n) is 5.35. The third-order valence-electron chi connectivity index (χ3n) is 2.80. The number of amides is 1. The van der Waals surface area contributed by atoms with Gasteiger partial charge in [-0.3, -0.25) is 4.79 Å². The highest BCUT2D eigenvalue weighted by Gasteiger charge is 2.37. The Hall–Kier alpha value is -1.16. The number of carbonyl (C=O) groups excluding carboxylic acids is 1. The molecule has 1 fully saturated rings. The van der Waals surface area contributed by atoms with E-state index in [1.807, 2.05) is 6.92 Å². The maximum atomic E-state index is 12.0. The molecule has 1 atom stereocenters. The molecule has 0 aliphatic carbocycles. The number of hydrogen-bond acceptors (Lipinski definition) is 3. The first-order valence-corrected chi connectivity index (χ1v) is 6.33. The van der Waals surface area contributed by atoms with E-state index in [4.69, 9.17) is 0 Å². The lowest BCUT2D eigenvalue weighted by Crippen LogP contribution is -2.34. The molecule has 2 rings (SSSR count). The summed E-state index contributed by atoms with van der Waals surface area (Å²) in [5.74, 6) is 1.24. The molecular weight excluding hydrogens is 222 g/mol. The molecule has 1 heterocycles. The molecule has 1 aromatic carbocycles. The normalized spacial score (nSPS) is 24.3. The van der Waals surface area contributed by atoms with Crippen molar-refractivity contribution in [3.8, 4) is 5.75 Å². The second-order valence-electron chi connectivity index (χ2n) is 4.19. The van der Waals surface area contributed by atoms with Gasteiger partial charge in [-0.25, -0.2) is 0 Å². The van der Waals surface area contributed by atoms with Crippen molar-refractivity contribution < 1.29 is 9.90 Å². The van der Waals surface area contributed by atoms with Crippen molar-refractivity contribution in [3.05, 3.63) is 24.3 Å². The summed E-state index contributed by atoms with van der Waals surface area (Å²) in [6, 6.07) is 6.64. The van der Waals surface area contributed by atoms with Crippen LogP contribution in [0.4, 0.5) is 5.69 Å². The molecule has 86 valence electrons. The van der Waals surface area contributed by atoms with Crippen molar-refractivity contribution in [2.24, 2.45) is 0 Å². The van der Waals surface area contributed by atoms with E-state index >= 15 is 0 Å². The van der Waals surface area contributed by atoms with Crippen molar-refractivity contribution >= 4 is 23.4 Å². The van der Waals surface area contributed by atoms with E-state index in [9.17, 15) is 9.90 Å². The van der Waals surface area contributed by atoms with Crippen molar-refractivity contribution in [3.63, 3.8) is 0 Å². The van der Waals surface area contributed by atoms with Crippen LogP contribution in [0.3, 0.4) is 0 Å². The van der Waals surface area contributed by atoms with E-state index in [-0.39, 0.29) is 16.4 Å². The van der Waals surface area contributed by atoms with Gasteiger partial charge in [-0.1, -0.05) is 6.07 Å². The van der Waals surface area contributed by atoms with E-state index in [0.29, 0.717) is 5.69 Å². The number of nitrogens with one attached hydrogen (secondary N) is 1.